The molecule has 0 N–H and O–H groups in total. The maximum atomic E-state index is 4.60. The maximum absolute atomic E-state index is 4.60. The van der Waals surface area contributed by atoms with Gasteiger partial charge in [0.05, 0.1) is 11.4 Å². The summed E-state index contributed by atoms with van der Waals surface area (Å²) >= 11 is 0. The van der Waals surface area contributed by atoms with E-state index in [0.717, 1.165) is 29.1 Å². The van der Waals surface area contributed by atoms with Crippen LogP contribution in [0.25, 0.3) is 17.5 Å². The fraction of sp³-hybridized carbons (Fsp3) is 0.143. The Labute approximate surface area is 94.7 Å². The lowest BCUT2D eigenvalue weighted by molar-refractivity contribution is 1.14. The maximum Gasteiger partial charge on any atom is 0.0964 e. The second-order valence-corrected chi connectivity index (χ2v) is 4.01. The minimum atomic E-state index is 0.929. The van der Waals surface area contributed by atoms with Gasteiger partial charge in [-0.25, -0.2) is 0 Å². The molecule has 2 heteroatoms. The Balaban J connectivity index is 2.33. The van der Waals surface area contributed by atoms with E-state index in [4.69, 9.17) is 0 Å². The number of hydrogen-bond acceptors (Lipinski definition) is 2. The van der Waals surface area contributed by atoms with Gasteiger partial charge >= 0.3 is 0 Å². The van der Waals surface area contributed by atoms with Crippen LogP contribution in [-0.2, 0) is 6.42 Å². The van der Waals surface area contributed by atoms with Crippen molar-refractivity contribution >= 4 is 6.08 Å². The van der Waals surface area contributed by atoms with Gasteiger partial charge < -0.3 is 0 Å². The number of rotatable bonds is 0. The number of nitrogens with zero attached hydrogens (tertiary/aromatic N) is 2. The Hall–Kier alpha value is -1.96. The number of fused-ring (bicyclic) bond motifs is 3. The lowest BCUT2D eigenvalue weighted by Crippen LogP contribution is -1.95. The summed E-state index contributed by atoms with van der Waals surface area (Å²) in [5.41, 5.74) is 5.46. The van der Waals surface area contributed by atoms with Crippen molar-refractivity contribution in [1.29, 1.82) is 0 Å². The molecule has 2 aromatic rings. The second kappa shape index (κ2) is 3.56. The molecule has 0 saturated carbocycles. The quantitative estimate of drug-likeness (QED) is 0.665. The van der Waals surface area contributed by atoms with E-state index in [1.807, 2.05) is 25.3 Å². The zero-order valence-corrected chi connectivity index (χ0v) is 9.14. The van der Waals surface area contributed by atoms with Crippen molar-refractivity contribution in [2.45, 2.75) is 13.3 Å². The third-order valence-corrected chi connectivity index (χ3v) is 2.82. The van der Waals surface area contributed by atoms with Crippen molar-refractivity contribution in [1.82, 2.24) is 9.97 Å². The van der Waals surface area contributed by atoms with Crippen LogP contribution in [0.15, 0.2) is 36.5 Å². The minimum Gasteiger partial charge on any atom is -0.254 e. The van der Waals surface area contributed by atoms with Gasteiger partial charge in [0, 0.05) is 17.5 Å². The molecule has 2 heterocycles. The molecule has 0 bridgehead atoms. The molecule has 1 aliphatic rings. The van der Waals surface area contributed by atoms with Gasteiger partial charge in [-0.1, -0.05) is 24.3 Å². The fourth-order valence-corrected chi connectivity index (χ4v) is 2.02. The van der Waals surface area contributed by atoms with Crippen LogP contribution in [0.4, 0.5) is 0 Å². The summed E-state index contributed by atoms with van der Waals surface area (Å²) in [6, 6.07) is 8.24. The number of aromatic nitrogens is 2. The number of hydrogen-bond donors (Lipinski definition) is 0. The first-order valence-corrected chi connectivity index (χ1v) is 5.43. The number of allylic oxidation sites excluding steroid dienone is 1. The first kappa shape index (κ1) is 9.28. The van der Waals surface area contributed by atoms with Crippen molar-refractivity contribution in [3.63, 3.8) is 0 Å². The molecule has 0 radical (unpaired) electrons. The lowest BCUT2D eigenvalue weighted by atomic mass is 10.1. The van der Waals surface area contributed by atoms with E-state index in [0.29, 0.717) is 0 Å². The average molecular weight is 208 g/mol. The molecule has 78 valence electrons. The zero-order chi connectivity index (χ0) is 11.0. The van der Waals surface area contributed by atoms with Crippen LogP contribution in [0, 0.1) is 6.92 Å². The summed E-state index contributed by atoms with van der Waals surface area (Å²) in [6.07, 6.45) is 7.06. The Bertz CT molecular complexity index is 571. The van der Waals surface area contributed by atoms with Crippen molar-refractivity contribution in [2.24, 2.45) is 0 Å². The highest BCUT2D eigenvalue weighted by Crippen LogP contribution is 2.27. The number of aryl methyl sites for hydroxylation is 1. The van der Waals surface area contributed by atoms with E-state index < -0.39 is 0 Å². The van der Waals surface area contributed by atoms with Gasteiger partial charge in [-0.3, -0.25) is 9.97 Å². The van der Waals surface area contributed by atoms with Crippen LogP contribution in [-0.4, -0.2) is 9.97 Å². The molecule has 16 heavy (non-hydrogen) atoms. The Morgan fingerprint density at radius 3 is 3.00 bits per heavy atom. The van der Waals surface area contributed by atoms with E-state index >= 15 is 0 Å². The van der Waals surface area contributed by atoms with Crippen LogP contribution < -0.4 is 0 Å². The summed E-state index contributed by atoms with van der Waals surface area (Å²) in [5.74, 6) is 0. The van der Waals surface area contributed by atoms with Crippen LogP contribution in [0.3, 0.4) is 0 Å². The van der Waals surface area contributed by atoms with Gasteiger partial charge in [0.2, 0.25) is 0 Å². The highest BCUT2D eigenvalue weighted by Gasteiger charge is 2.13. The van der Waals surface area contributed by atoms with E-state index in [1.165, 1.54) is 5.56 Å². The third-order valence-electron chi connectivity index (χ3n) is 2.82. The first-order chi connectivity index (χ1) is 7.84. The largest absolute Gasteiger partial charge is 0.254 e. The molecule has 0 fully saturated rings. The molecule has 2 nitrogen and oxygen atoms in total. The predicted molar refractivity (Wildman–Crippen MR) is 64.9 cm³/mol. The highest BCUT2D eigenvalue weighted by atomic mass is 14.8. The minimum absolute atomic E-state index is 0.929. The standard InChI is InChI=1S/C14H12N2/c1-10-7-8-12-5-2-4-11-6-3-9-15-13(11)14(12)16-10/h2-3,5-9H,4H2,1H3. The third kappa shape index (κ3) is 1.43. The zero-order valence-electron chi connectivity index (χ0n) is 9.14. The van der Waals surface area contributed by atoms with E-state index in [9.17, 15) is 0 Å². The van der Waals surface area contributed by atoms with Gasteiger partial charge in [-0.05, 0) is 31.0 Å². The topological polar surface area (TPSA) is 25.8 Å². The summed E-state index contributed by atoms with van der Waals surface area (Å²) in [4.78, 5) is 9.06. The van der Waals surface area contributed by atoms with Crippen LogP contribution in [0.1, 0.15) is 16.8 Å². The first-order valence-electron chi connectivity index (χ1n) is 5.43. The van der Waals surface area contributed by atoms with Crippen molar-refractivity contribution < 1.29 is 0 Å². The van der Waals surface area contributed by atoms with Gasteiger partial charge in [0.1, 0.15) is 0 Å². The molecule has 0 amide bonds. The molecule has 0 atom stereocenters. The van der Waals surface area contributed by atoms with Crippen LogP contribution >= 0.6 is 0 Å². The second-order valence-electron chi connectivity index (χ2n) is 4.01. The Morgan fingerprint density at radius 2 is 2.06 bits per heavy atom. The van der Waals surface area contributed by atoms with E-state index in [-0.39, 0.29) is 0 Å². The molecule has 0 saturated heterocycles. The summed E-state index contributed by atoms with van der Waals surface area (Å²) in [6.45, 7) is 2.01. The van der Waals surface area contributed by atoms with Gasteiger partial charge in [-0.2, -0.15) is 0 Å². The molecule has 2 aromatic heterocycles. The van der Waals surface area contributed by atoms with Crippen molar-refractivity contribution in [2.75, 3.05) is 0 Å². The molecular formula is C14H12N2. The van der Waals surface area contributed by atoms with E-state index in [2.05, 4.69) is 34.3 Å². The molecule has 0 spiro atoms. The summed E-state index contributed by atoms with van der Waals surface area (Å²) in [7, 11) is 0. The summed E-state index contributed by atoms with van der Waals surface area (Å²) in [5, 5.41) is 0. The fourth-order valence-electron chi connectivity index (χ4n) is 2.02. The molecule has 3 rings (SSSR count). The Kier molecular flexibility index (Phi) is 2.07. The normalized spacial score (nSPS) is 12.8. The van der Waals surface area contributed by atoms with E-state index in [1.54, 1.807) is 0 Å². The number of pyridine rings is 2. The summed E-state index contributed by atoms with van der Waals surface area (Å²) < 4.78 is 0. The van der Waals surface area contributed by atoms with Gasteiger partial charge in [-0.15, -0.1) is 0 Å². The van der Waals surface area contributed by atoms with Crippen molar-refractivity contribution in [3.05, 3.63) is 53.4 Å². The molecular weight excluding hydrogens is 196 g/mol. The average Bonchev–Trinajstić information content (AvgIpc) is 2.48. The highest BCUT2D eigenvalue weighted by molar-refractivity contribution is 5.74. The van der Waals surface area contributed by atoms with Gasteiger partial charge in [0.25, 0.3) is 0 Å². The van der Waals surface area contributed by atoms with Crippen LogP contribution in [0.2, 0.25) is 0 Å². The predicted octanol–water partition coefficient (Wildman–Crippen LogP) is 3.02. The SMILES string of the molecule is Cc1ccc2c(n1)-c1ncccc1CC=C2. The van der Waals surface area contributed by atoms with Crippen LogP contribution in [0.5, 0.6) is 0 Å². The molecule has 0 aliphatic heterocycles. The Morgan fingerprint density at radius 1 is 1.12 bits per heavy atom. The van der Waals surface area contributed by atoms with Gasteiger partial charge in [0.15, 0.2) is 0 Å². The van der Waals surface area contributed by atoms with Crippen molar-refractivity contribution in [3.8, 4) is 11.4 Å². The molecule has 1 aliphatic carbocycles. The molecule has 0 aromatic carbocycles. The molecule has 0 unspecified atom stereocenters. The smallest absolute Gasteiger partial charge is 0.0964 e. The lowest BCUT2D eigenvalue weighted by Gasteiger charge is -2.07. The monoisotopic (exact) mass is 208 g/mol.